The average molecular weight is 543 g/mol. The molecule has 0 saturated carbocycles. The fourth-order valence-electron chi connectivity index (χ4n) is 3.80. The van der Waals surface area contributed by atoms with Gasteiger partial charge in [-0.05, 0) is 55.3 Å². The van der Waals surface area contributed by atoms with E-state index in [2.05, 4.69) is 4.74 Å². The van der Waals surface area contributed by atoms with Crippen LogP contribution in [0.3, 0.4) is 0 Å². The zero-order valence-electron chi connectivity index (χ0n) is 20.0. The SMILES string of the molecule is COc1ccc(S(=O)(=O)N(Cc2c(F)c(F)c(OC)c(F)c2F)c2c(C)cc(C)cc2C(=O)NO)cc1. The van der Waals surface area contributed by atoms with Gasteiger partial charge in [-0.2, -0.15) is 8.78 Å². The summed E-state index contributed by atoms with van der Waals surface area (Å²) in [5.41, 5.74) is -0.0160. The standard InChI is InChI=1S/C24H22F4N2O6S/c1-12-9-13(2)22(16(10-12)24(31)29-32)30(37(33,34)15-7-5-14(35-3)6-8-15)11-17-18(25)20(27)23(36-4)21(28)19(17)26/h5-10,32H,11H2,1-4H3,(H,29,31). The molecule has 3 aromatic rings. The molecule has 0 unspecified atom stereocenters. The number of amides is 1. The van der Waals surface area contributed by atoms with Crippen molar-refractivity contribution in [1.29, 1.82) is 0 Å². The third kappa shape index (κ3) is 5.04. The summed E-state index contributed by atoms with van der Waals surface area (Å²) in [6, 6.07) is 7.59. The molecule has 0 atom stereocenters. The molecule has 0 spiro atoms. The molecule has 198 valence electrons. The second kappa shape index (κ2) is 10.6. The summed E-state index contributed by atoms with van der Waals surface area (Å²) in [6.07, 6.45) is 0. The first-order valence-corrected chi connectivity index (χ1v) is 11.9. The van der Waals surface area contributed by atoms with Crippen LogP contribution in [-0.4, -0.2) is 33.8 Å². The Bertz CT molecular complexity index is 1430. The maximum atomic E-state index is 14.9. The molecule has 0 aliphatic carbocycles. The van der Waals surface area contributed by atoms with E-state index in [4.69, 9.17) is 4.74 Å². The Labute approximate surface area is 210 Å². The van der Waals surface area contributed by atoms with Gasteiger partial charge >= 0.3 is 0 Å². The average Bonchev–Trinajstić information content (AvgIpc) is 2.87. The Morgan fingerprint density at radius 1 is 0.946 bits per heavy atom. The maximum absolute atomic E-state index is 14.9. The molecule has 3 aromatic carbocycles. The lowest BCUT2D eigenvalue weighted by Crippen LogP contribution is -2.35. The number of hydroxylamine groups is 1. The number of hydrogen-bond donors (Lipinski definition) is 2. The van der Waals surface area contributed by atoms with E-state index in [-0.39, 0.29) is 21.7 Å². The lowest BCUT2D eigenvalue weighted by molar-refractivity contribution is 0.0707. The third-order valence-electron chi connectivity index (χ3n) is 5.51. The van der Waals surface area contributed by atoms with Gasteiger partial charge in [0, 0.05) is 0 Å². The molecular weight excluding hydrogens is 520 g/mol. The normalized spacial score (nSPS) is 11.3. The number of methoxy groups -OCH3 is 2. The van der Waals surface area contributed by atoms with Gasteiger partial charge in [0.2, 0.25) is 11.6 Å². The lowest BCUT2D eigenvalue weighted by Gasteiger charge is -2.29. The number of nitrogens with zero attached hydrogens (tertiary/aromatic N) is 1. The highest BCUT2D eigenvalue weighted by molar-refractivity contribution is 7.92. The largest absolute Gasteiger partial charge is 0.497 e. The van der Waals surface area contributed by atoms with E-state index in [9.17, 15) is 36.0 Å². The van der Waals surface area contributed by atoms with Gasteiger partial charge in [-0.25, -0.2) is 22.7 Å². The summed E-state index contributed by atoms with van der Waals surface area (Å²) >= 11 is 0. The van der Waals surface area contributed by atoms with Gasteiger partial charge in [-0.15, -0.1) is 0 Å². The second-order valence-electron chi connectivity index (χ2n) is 7.87. The lowest BCUT2D eigenvalue weighted by atomic mass is 10.0. The summed E-state index contributed by atoms with van der Waals surface area (Å²) in [5.74, 6) is -9.67. The first-order valence-electron chi connectivity index (χ1n) is 10.5. The molecule has 2 N–H and O–H groups in total. The predicted octanol–water partition coefficient (Wildman–Crippen LogP) is 4.39. The van der Waals surface area contributed by atoms with Crippen molar-refractivity contribution < 1.29 is 45.5 Å². The molecule has 13 heteroatoms. The molecular formula is C24H22F4N2O6S. The van der Waals surface area contributed by atoms with E-state index in [0.29, 0.717) is 15.6 Å². The van der Waals surface area contributed by atoms with Crippen molar-refractivity contribution in [3.05, 3.63) is 81.9 Å². The van der Waals surface area contributed by atoms with Crippen molar-refractivity contribution in [2.45, 2.75) is 25.3 Å². The van der Waals surface area contributed by atoms with E-state index in [1.807, 2.05) is 0 Å². The number of carbonyl (C=O) groups excluding carboxylic acids is 1. The van der Waals surface area contributed by atoms with Gasteiger partial charge in [0.25, 0.3) is 15.9 Å². The molecule has 0 bridgehead atoms. The van der Waals surface area contributed by atoms with Crippen molar-refractivity contribution in [2.75, 3.05) is 18.5 Å². The van der Waals surface area contributed by atoms with Crippen LogP contribution in [0.2, 0.25) is 0 Å². The summed E-state index contributed by atoms with van der Waals surface area (Å²) in [7, 11) is -2.59. The van der Waals surface area contributed by atoms with E-state index in [1.165, 1.54) is 43.8 Å². The van der Waals surface area contributed by atoms with Crippen LogP contribution in [0.4, 0.5) is 23.2 Å². The molecule has 3 rings (SSSR count). The number of rotatable bonds is 8. The van der Waals surface area contributed by atoms with Crippen LogP contribution in [0.1, 0.15) is 27.0 Å². The minimum absolute atomic E-state index is 0.144. The topological polar surface area (TPSA) is 105 Å². The molecule has 0 aromatic heterocycles. The van der Waals surface area contributed by atoms with Gasteiger partial charge in [-0.1, -0.05) is 6.07 Å². The number of carbonyl (C=O) groups is 1. The number of ether oxygens (including phenoxy) is 2. The predicted molar refractivity (Wildman–Crippen MR) is 124 cm³/mol. The summed E-state index contributed by atoms with van der Waals surface area (Å²) in [5, 5.41) is 9.25. The third-order valence-corrected chi connectivity index (χ3v) is 7.27. The molecule has 0 aliphatic rings. The van der Waals surface area contributed by atoms with Crippen LogP contribution < -0.4 is 19.3 Å². The summed E-state index contributed by atoms with van der Waals surface area (Å²) in [6.45, 7) is 1.73. The van der Waals surface area contributed by atoms with Gasteiger partial charge in [0.1, 0.15) is 5.75 Å². The molecule has 0 saturated heterocycles. The monoisotopic (exact) mass is 542 g/mol. The minimum Gasteiger partial charge on any atom is -0.497 e. The Hall–Kier alpha value is -3.84. The number of halogens is 4. The van der Waals surface area contributed by atoms with Crippen LogP contribution in [0.5, 0.6) is 11.5 Å². The van der Waals surface area contributed by atoms with Crippen LogP contribution in [0, 0.1) is 37.1 Å². The Balaban J connectivity index is 2.37. The number of sulfonamides is 1. The van der Waals surface area contributed by atoms with Gasteiger partial charge in [0.05, 0.1) is 42.5 Å². The molecule has 37 heavy (non-hydrogen) atoms. The highest BCUT2D eigenvalue weighted by Gasteiger charge is 2.34. The number of aryl methyl sites for hydroxylation is 2. The number of nitrogens with one attached hydrogen (secondary N) is 1. The van der Waals surface area contributed by atoms with Crippen molar-refractivity contribution in [3.8, 4) is 11.5 Å². The smallest absolute Gasteiger partial charge is 0.276 e. The van der Waals surface area contributed by atoms with E-state index in [0.717, 1.165) is 19.2 Å². The highest BCUT2D eigenvalue weighted by Crippen LogP contribution is 2.36. The molecule has 0 radical (unpaired) electrons. The van der Waals surface area contributed by atoms with E-state index < -0.39 is 57.1 Å². The maximum Gasteiger partial charge on any atom is 0.276 e. The Morgan fingerprint density at radius 3 is 2.00 bits per heavy atom. The molecule has 0 fully saturated rings. The Morgan fingerprint density at radius 2 is 1.51 bits per heavy atom. The fourth-order valence-corrected chi connectivity index (χ4v) is 5.32. The van der Waals surface area contributed by atoms with Gasteiger partial charge in [0.15, 0.2) is 17.4 Å². The van der Waals surface area contributed by atoms with Crippen LogP contribution in [0.25, 0.3) is 0 Å². The first-order chi connectivity index (χ1) is 17.4. The minimum atomic E-state index is -4.75. The fraction of sp³-hybridized carbons (Fsp3) is 0.208. The quantitative estimate of drug-likeness (QED) is 0.189. The second-order valence-corrected chi connectivity index (χ2v) is 9.74. The number of anilines is 1. The van der Waals surface area contributed by atoms with Crippen LogP contribution >= 0.6 is 0 Å². The van der Waals surface area contributed by atoms with Crippen molar-refractivity contribution in [3.63, 3.8) is 0 Å². The first kappa shape index (κ1) is 27.7. The van der Waals surface area contributed by atoms with Crippen molar-refractivity contribution >= 4 is 21.6 Å². The Kier molecular flexibility index (Phi) is 7.98. The van der Waals surface area contributed by atoms with Crippen LogP contribution in [0.15, 0.2) is 41.3 Å². The zero-order chi connectivity index (χ0) is 27.7. The molecule has 1 amide bonds. The van der Waals surface area contributed by atoms with E-state index in [1.54, 1.807) is 6.92 Å². The highest BCUT2D eigenvalue weighted by atomic mass is 32.2. The van der Waals surface area contributed by atoms with Crippen molar-refractivity contribution in [1.82, 2.24) is 5.48 Å². The van der Waals surface area contributed by atoms with Gasteiger partial charge in [-0.3, -0.25) is 14.3 Å². The summed E-state index contributed by atoms with van der Waals surface area (Å²) in [4.78, 5) is 12.1. The number of hydrogen-bond acceptors (Lipinski definition) is 6. The molecule has 8 nitrogen and oxygen atoms in total. The van der Waals surface area contributed by atoms with E-state index >= 15 is 0 Å². The van der Waals surface area contributed by atoms with Gasteiger partial charge < -0.3 is 9.47 Å². The molecule has 0 aliphatic heterocycles. The number of benzene rings is 3. The van der Waals surface area contributed by atoms with Crippen LogP contribution in [-0.2, 0) is 16.6 Å². The van der Waals surface area contributed by atoms with Crippen molar-refractivity contribution in [2.24, 2.45) is 0 Å². The summed E-state index contributed by atoms with van der Waals surface area (Å²) < 4.78 is 96.2. The zero-order valence-corrected chi connectivity index (χ0v) is 20.8. The molecule has 0 heterocycles.